The molecule has 7 heteroatoms. The summed E-state index contributed by atoms with van der Waals surface area (Å²) in [5.74, 6) is -0.172. The van der Waals surface area contributed by atoms with Crippen molar-refractivity contribution in [1.29, 1.82) is 0 Å². The highest BCUT2D eigenvalue weighted by Gasteiger charge is 2.26. The summed E-state index contributed by atoms with van der Waals surface area (Å²) >= 11 is 0. The summed E-state index contributed by atoms with van der Waals surface area (Å²) in [6.07, 6.45) is 5.64. The van der Waals surface area contributed by atoms with Crippen molar-refractivity contribution in [2.24, 2.45) is 5.14 Å². The van der Waals surface area contributed by atoms with Gasteiger partial charge in [-0.1, -0.05) is 12.8 Å². The van der Waals surface area contributed by atoms with E-state index >= 15 is 0 Å². The molecule has 0 radical (unpaired) electrons. The number of nitrogens with zero attached hydrogens (tertiary/aromatic N) is 2. The van der Waals surface area contributed by atoms with Gasteiger partial charge in [-0.2, -0.15) is 0 Å². The van der Waals surface area contributed by atoms with Crippen molar-refractivity contribution in [2.75, 3.05) is 13.6 Å². The molecule has 20 heavy (non-hydrogen) atoms. The third-order valence-corrected chi connectivity index (χ3v) is 4.79. The van der Waals surface area contributed by atoms with Crippen molar-refractivity contribution < 1.29 is 13.2 Å². The van der Waals surface area contributed by atoms with Crippen LogP contribution in [-0.4, -0.2) is 37.4 Å². The van der Waals surface area contributed by atoms with Gasteiger partial charge in [-0.3, -0.25) is 4.79 Å². The first kappa shape index (κ1) is 15.1. The fourth-order valence-electron chi connectivity index (χ4n) is 2.60. The lowest BCUT2D eigenvalue weighted by Gasteiger charge is -2.19. The zero-order chi connectivity index (χ0) is 14.9. The first-order valence-electron chi connectivity index (χ1n) is 6.84. The molecule has 2 rings (SSSR count). The molecule has 0 unspecified atom stereocenters. The van der Waals surface area contributed by atoms with E-state index in [9.17, 15) is 13.2 Å². The van der Waals surface area contributed by atoms with E-state index in [1.807, 2.05) is 6.92 Å². The lowest BCUT2D eigenvalue weighted by Crippen LogP contribution is -2.28. The fourth-order valence-corrected chi connectivity index (χ4v) is 3.14. The Morgan fingerprint density at radius 2 is 2.05 bits per heavy atom. The Hall–Kier alpha value is -1.34. The molecule has 1 aliphatic carbocycles. The van der Waals surface area contributed by atoms with Gasteiger partial charge in [0.05, 0.1) is 0 Å². The predicted molar refractivity (Wildman–Crippen MR) is 75.9 cm³/mol. The molecule has 0 aliphatic heterocycles. The zero-order valence-electron chi connectivity index (χ0n) is 11.9. The number of sulfonamides is 1. The molecule has 2 N–H and O–H groups in total. The van der Waals surface area contributed by atoms with Crippen LogP contribution in [0.4, 0.5) is 0 Å². The van der Waals surface area contributed by atoms with E-state index in [1.54, 1.807) is 16.5 Å². The Bertz CT molecular complexity index is 600. The summed E-state index contributed by atoms with van der Waals surface area (Å²) in [6.45, 7) is 2.45. The molecule has 1 aromatic heterocycles. The molecule has 0 saturated heterocycles. The van der Waals surface area contributed by atoms with Gasteiger partial charge in [0.2, 0.25) is 10.0 Å². The van der Waals surface area contributed by atoms with Gasteiger partial charge in [-0.25, -0.2) is 13.6 Å². The van der Waals surface area contributed by atoms with E-state index in [2.05, 4.69) is 0 Å². The minimum absolute atomic E-state index is 0.0113. The molecule has 1 aliphatic rings. The van der Waals surface area contributed by atoms with Gasteiger partial charge in [0.15, 0.2) is 0 Å². The van der Waals surface area contributed by atoms with E-state index in [0.717, 1.165) is 25.7 Å². The molecular weight excluding hydrogens is 278 g/mol. The number of rotatable bonds is 4. The van der Waals surface area contributed by atoms with Crippen LogP contribution in [-0.2, 0) is 10.0 Å². The average molecular weight is 299 g/mol. The number of carbonyl (C=O) groups excluding carboxylic acids is 1. The number of hydrogen-bond donors (Lipinski definition) is 1. The van der Waals surface area contributed by atoms with Gasteiger partial charge in [-0.15, -0.1) is 0 Å². The summed E-state index contributed by atoms with van der Waals surface area (Å²) in [4.78, 5) is 13.9. The van der Waals surface area contributed by atoms with Gasteiger partial charge in [0.25, 0.3) is 5.91 Å². The lowest BCUT2D eigenvalue weighted by molar-refractivity contribution is 0.0789. The molecule has 1 amide bonds. The van der Waals surface area contributed by atoms with Crippen molar-refractivity contribution in [3.8, 4) is 0 Å². The third-order valence-electron chi connectivity index (χ3n) is 3.91. The molecule has 0 atom stereocenters. The van der Waals surface area contributed by atoms with Crippen molar-refractivity contribution in [3.63, 3.8) is 0 Å². The van der Waals surface area contributed by atoms with Gasteiger partial charge < -0.3 is 9.47 Å². The van der Waals surface area contributed by atoms with Crippen molar-refractivity contribution in [3.05, 3.63) is 18.0 Å². The van der Waals surface area contributed by atoms with Crippen LogP contribution >= 0.6 is 0 Å². The van der Waals surface area contributed by atoms with Crippen molar-refractivity contribution in [1.82, 2.24) is 9.47 Å². The number of nitrogens with two attached hydrogens (primary N) is 1. The molecule has 1 fully saturated rings. The zero-order valence-corrected chi connectivity index (χ0v) is 12.7. The van der Waals surface area contributed by atoms with E-state index in [-0.39, 0.29) is 16.8 Å². The Morgan fingerprint density at radius 1 is 1.45 bits per heavy atom. The Kier molecular flexibility index (Phi) is 4.19. The minimum atomic E-state index is -3.79. The second-order valence-corrected chi connectivity index (χ2v) is 6.83. The van der Waals surface area contributed by atoms with E-state index in [1.165, 1.54) is 12.3 Å². The Labute approximate surface area is 119 Å². The van der Waals surface area contributed by atoms with Crippen LogP contribution in [0.15, 0.2) is 17.2 Å². The fraction of sp³-hybridized carbons (Fsp3) is 0.615. The summed E-state index contributed by atoms with van der Waals surface area (Å²) in [6, 6.07) is 1.58. The lowest BCUT2D eigenvalue weighted by atomic mass is 10.2. The first-order chi connectivity index (χ1) is 9.34. The maximum atomic E-state index is 12.4. The highest BCUT2D eigenvalue weighted by molar-refractivity contribution is 7.89. The van der Waals surface area contributed by atoms with Crippen LogP contribution in [0.3, 0.4) is 0 Å². The van der Waals surface area contributed by atoms with E-state index in [4.69, 9.17) is 5.14 Å². The average Bonchev–Trinajstić information content (AvgIpc) is 3.03. The maximum Gasteiger partial charge on any atom is 0.270 e. The van der Waals surface area contributed by atoms with Gasteiger partial charge in [0.1, 0.15) is 10.6 Å². The normalized spacial score (nSPS) is 16.6. The van der Waals surface area contributed by atoms with E-state index in [0.29, 0.717) is 12.2 Å². The highest BCUT2D eigenvalue weighted by atomic mass is 32.2. The standard InChI is InChI=1S/C13H21N3O3S/c1-3-15(2)13(17)12-8-11(20(14,18)19)9-16(12)10-6-4-5-7-10/h8-10H,3-7H2,1-2H3,(H2,14,18,19). The van der Waals surface area contributed by atoms with Crippen LogP contribution < -0.4 is 5.14 Å². The van der Waals surface area contributed by atoms with Crippen molar-refractivity contribution >= 4 is 15.9 Å². The van der Waals surface area contributed by atoms with Gasteiger partial charge in [0, 0.05) is 25.8 Å². The SMILES string of the molecule is CCN(C)C(=O)c1cc(S(N)(=O)=O)cn1C1CCCC1. The number of carbonyl (C=O) groups is 1. The van der Waals surface area contributed by atoms with Crippen molar-refractivity contribution in [2.45, 2.75) is 43.5 Å². The number of aromatic nitrogens is 1. The third kappa shape index (κ3) is 2.88. The minimum Gasteiger partial charge on any atom is -0.341 e. The Balaban J connectivity index is 2.47. The van der Waals surface area contributed by atoms with Gasteiger partial charge in [-0.05, 0) is 25.8 Å². The van der Waals surface area contributed by atoms with Crippen LogP contribution in [0.5, 0.6) is 0 Å². The highest BCUT2D eigenvalue weighted by Crippen LogP contribution is 2.32. The molecule has 0 spiro atoms. The summed E-state index contributed by atoms with van der Waals surface area (Å²) in [7, 11) is -2.09. The summed E-state index contributed by atoms with van der Waals surface area (Å²) < 4.78 is 24.8. The van der Waals surface area contributed by atoms with Crippen LogP contribution in [0.1, 0.15) is 49.1 Å². The number of hydrogen-bond acceptors (Lipinski definition) is 3. The largest absolute Gasteiger partial charge is 0.341 e. The smallest absolute Gasteiger partial charge is 0.270 e. The maximum absolute atomic E-state index is 12.4. The first-order valence-corrected chi connectivity index (χ1v) is 8.39. The molecule has 0 aromatic carbocycles. The van der Waals surface area contributed by atoms with Crippen LogP contribution in [0.2, 0.25) is 0 Å². The Morgan fingerprint density at radius 3 is 2.55 bits per heavy atom. The predicted octanol–water partition coefficient (Wildman–Crippen LogP) is 1.34. The second kappa shape index (κ2) is 5.57. The van der Waals surface area contributed by atoms with Gasteiger partial charge >= 0.3 is 0 Å². The number of amides is 1. The topological polar surface area (TPSA) is 85.4 Å². The van der Waals surface area contributed by atoms with E-state index < -0.39 is 10.0 Å². The quantitative estimate of drug-likeness (QED) is 0.910. The monoisotopic (exact) mass is 299 g/mol. The summed E-state index contributed by atoms with van der Waals surface area (Å²) in [5, 5.41) is 5.18. The molecule has 1 heterocycles. The number of primary sulfonamides is 1. The molecule has 1 saturated carbocycles. The molecule has 0 bridgehead atoms. The molecule has 6 nitrogen and oxygen atoms in total. The molecule has 112 valence electrons. The second-order valence-electron chi connectivity index (χ2n) is 5.27. The molecule has 1 aromatic rings. The summed E-state index contributed by atoms with van der Waals surface area (Å²) in [5.41, 5.74) is 0.408. The molecular formula is C13H21N3O3S. The van der Waals surface area contributed by atoms with Crippen LogP contribution in [0, 0.1) is 0 Å². The van der Waals surface area contributed by atoms with Crippen LogP contribution in [0.25, 0.3) is 0 Å².